The summed E-state index contributed by atoms with van der Waals surface area (Å²) in [5.74, 6) is -1.59. The maximum absolute atomic E-state index is 13.0. The number of aromatic nitrogens is 2. The number of hydrogen-bond donors (Lipinski definition) is 1. The molecule has 0 radical (unpaired) electrons. The molecule has 0 amide bonds. The minimum Gasteiger partial charge on any atom is -0.465 e. The van der Waals surface area contributed by atoms with E-state index in [4.69, 9.17) is 0 Å². The van der Waals surface area contributed by atoms with Gasteiger partial charge in [-0.05, 0) is 42.5 Å². The van der Waals surface area contributed by atoms with Gasteiger partial charge in [0.1, 0.15) is 4.90 Å². The minimum absolute atomic E-state index is 0.0224. The maximum atomic E-state index is 13.0. The van der Waals surface area contributed by atoms with E-state index in [0.717, 1.165) is 13.2 Å². The zero-order valence-corrected chi connectivity index (χ0v) is 16.3. The number of methoxy groups -OCH3 is 2. The van der Waals surface area contributed by atoms with Crippen LogP contribution in [0.5, 0.6) is 0 Å². The minimum atomic E-state index is -4.24. The second-order valence-corrected chi connectivity index (χ2v) is 7.45. The highest BCUT2D eigenvalue weighted by Crippen LogP contribution is 2.24. The summed E-state index contributed by atoms with van der Waals surface area (Å²) in [4.78, 5) is 23.5. The molecule has 0 aliphatic heterocycles. The van der Waals surface area contributed by atoms with Gasteiger partial charge in [0.25, 0.3) is 10.0 Å². The molecule has 1 heterocycles. The number of carbonyl (C=O) groups excluding carboxylic acids is 2. The molecule has 1 aromatic heterocycles. The third kappa shape index (κ3) is 4.27. The van der Waals surface area contributed by atoms with Crippen LogP contribution in [0.3, 0.4) is 0 Å². The Balaban J connectivity index is 2.03. The molecule has 0 saturated heterocycles. The number of nitrogens with one attached hydrogen (secondary N) is 1. The van der Waals surface area contributed by atoms with E-state index >= 15 is 0 Å². The van der Waals surface area contributed by atoms with Gasteiger partial charge < -0.3 is 9.47 Å². The SMILES string of the molecule is COC(=O)c1ccc(C(=O)OC)c(S(=O)(=O)Nc2cccc(-n3cccn3)c2)c1. The van der Waals surface area contributed by atoms with Gasteiger partial charge in [0.05, 0.1) is 36.7 Å². The Labute approximate surface area is 166 Å². The van der Waals surface area contributed by atoms with Crippen LogP contribution in [-0.2, 0) is 19.5 Å². The molecular weight excluding hydrogens is 398 g/mol. The van der Waals surface area contributed by atoms with Gasteiger partial charge in [-0.15, -0.1) is 0 Å². The van der Waals surface area contributed by atoms with Crippen molar-refractivity contribution in [3.05, 3.63) is 72.1 Å². The molecule has 1 N–H and O–H groups in total. The standard InChI is InChI=1S/C19H17N3O6S/c1-27-18(23)13-7-8-16(19(24)28-2)17(11-13)29(25,26)21-14-5-3-6-15(12-14)22-10-4-9-20-22/h3-12,21H,1-2H3. The fourth-order valence-electron chi connectivity index (χ4n) is 2.61. The first kappa shape index (κ1) is 20.1. The summed E-state index contributed by atoms with van der Waals surface area (Å²) in [7, 11) is -1.93. The highest BCUT2D eigenvalue weighted by molar-refractivity contribution is 7.92. The summed E-state index contributed by atoms with van der Waals surface area (Å²) in [5.41, 5.74) is 0.644. The first-order chi connectivity index (χ1) is 13.9. The summed E-state index contributed by atoms with van der Waals surface area (Å²) < 4.78 is 39.3. The number of esters is 2. The molecule has 2 aromatic carbocycles. The average molecular weight is 415 g/mol. The summed E-state index contributed by atoms with van der Waals surface area (Å²) in [6.07, 6.45) is 3.31. The van der Waals surface area contributed by atoms with E-state index < -0.39 is 26.9 Å². The lowest BCUT2D eigenvalue weighted by Crippen LogP contribution is -2.19. The maximum Gasteiger partial charge on any atom is 0.339 e. The van der Waals surface area contributed by atoms with Crippen molar-refractivity contribution in [1.82, 2.24) is 9.78 Å². The van der Waals surface area contributed by atoms with Gasteiger partial charge in [0.15, 0.2) is 0 Å². The summed E-state index contributed by atoms with van der Waals surface area (Å²) in [5, 5.41) is 4.10. The highest BCUT2D eigenvalue weighted by Gasteiger charge is 2.25. The molecule has 0 unspecified atom stereocenters. The molecule has 0 atom stereocenters. The Morgan fingerprint density at radius 2 is 1.76 bits per heavy atom. The summed E-state index contributed by atoms with van der Waals surface area (Å²) in [6, 6.07) is 11.8. The second kappa shape index (κ2) is 8.15. The number of hydrogen-bond acceptors (Lipinski definition) is 7. The predicted octanol–water partition coefficient (Wildman–Crippen LogP) is 2.25. The molecule has 29 heavy (non-hydrogen) atoms. The van der Waals surface area contributed by atoms with Crippen molar-refractivity contribution >= 4 is 27.6 Å². The van der Waals surface area contributed by atoms with E-state index in [1.165, 1.54) is 19.2 Å². The second-order valence-electron chi connectivity index (χ2n) is 5.80. The molecule has 0 fully saturated rings. The van der Waals surface area contributed by atoms with E-state index in [2.05, 4.69) is 19.3 Å². The molecular formula is C19H17N3O6S. The quantitative estimate of drug-likeness (QED) is 0.614. The molecule has 150 valence electrons. The Hall–Kier alpha value is -3.66. The monoisotopic (exact) mass is 415 g/mol. The zero-order chi connectivity index (χ0) is 21.0. The molecule has 0 spiro atoms. The predicted molar refractivity (Wildman–Crippen MR) is 103 cm³/mol. The van der Waals surface area contributed by atoms with Crippen molar-refractivity contribution < 1.29 is 27.5 Å². The van der Waals surface area contributed by atoms with Gasteiger partial charge >= 0.3 is 11.9 Å². The molecule has 0 bridgehead atoms. The van der Waals surface area contributed by atoms with Crippen LogP contribution in [0.2, 0.25) is 0 Å². The molecule has 0 saturated carbocycles. The zero-order valence-electron chi connectivity index (χ0n) is 15.5. The average Bonchev–Trinajstić information content (AvgIpc) is 3.27. The van der Waals surface area contributed by atoms with Crippen molar-refractivity contribution in [1.29, 1.82) is 0 Å². The van der Waals surface area contributed by atoms with E-state index in [-0.39, 0.29) is 16.8 Å². The number of nitrogens with zero attached hydrogens (tertiary/aromatic N) is 2. The van der Waals surface area contributed by atoms with Crippen LogP contribution in [0.4, 0.5) is 5.69 Å². The van der Waals surface area contributed by atoms with Gasteiger partial charge in [-0.1, -0.05) is 6.07 Å². The largest absolute Gasteiger partial charge is 0.465 e. The van der Waals surface area contributed by atoms with Crippen LogP contribution in [-0.4, -0.2) is 44.4 Å². The fraction of sp³-hybridized carbons (Fsp3) is 0.105. The number of sulfonamides is 1. The van der Waals surface area contributed by atoms with Gasteiger partial charge in [0.2, 0.25) is 0 Å². The lowest BCUT2D eigenvalue weighted by molar-refractivity contribution is 0.0583. The van der Waals surface area contributed by atoms with Crippen molar-refractivity contribution in [3.8, 4) is 5.69 Å². The van der Waals surface area contributed by atoms with Crippen LogP contribution < -0.4 is 4.72 Å². The topological polar surface area (TPSA) is 117 Å². The molecule has 3 aromatic rings. The van der Waals surface area contributed by atoms with Crippen LogP contribution in [0.25, 0.3) is 5.69 Å². The Kier molecular flexibility index (Phi) is 5.64. The fourth-order valence-corrected chi connectivity index (χ4v) is 3.88. The third-order valence-electron chi connectivity index (χ3n) is 3.96. The molecule has 0 aliphatic rings. The lowest BCUT2D eigenvalue weighted by atomic mass is 10.1. The van der Waals surface area contributed by atoms with E-state index in [1.807, 2.05) is 0 Å². The van der Waals surface area contributed by atoms with Gasteiger partial charge in [-0.3, -0.25) is 4.72 Å². The van der Waals surface area contributed by atoms with Crippen LogP contribution >= 0.6 is 0 Å². The molecule has 0 aliphatic carbocycles. The smallest absolute Gasteiger partial charge is 0.339 e. The van der Waals surface area contributed by atoms with Gasteiger partial charge in [-0.25, -0.2) is 22.7 Å². The highest BCUT2D eigenvalue weighted by atomic mass is 32.2. The summed E-state index contributed by atoms with van der Waals surface area (Å²) >= 11 is 0. The normalized spacial score (nSPS) is 11.0. The number of ether oxygens (including phenoxy) is 2. The van der Waals surface area contributed by atoms with Crippen LogP contribution in [0, 0.1) is 0 Å². The Morgan fingerprint density at radius 3 is 2.41 bits per heavy atom. The number of anilines is 1. The lowest BCUT2D eigenvalue weighted by Gasteiger charge is -2.13. The van der Waals surface area contributed by atoms with Crippen LogP contribution in [0.1, 0.15) is 20.7 Å². The molecule has 10 heteroatoms. The Morgan fingerprint density at radius 1 is 1.00 bits per heavy atom. The number of benzene rings is 2. The first-order valence-corrected chi connectivity index (χ1v) is 9.77. The van der Waals surface area contributed by atoms with Crippen molar-refractivity contribution in [2.75, 3.05) is 18.9 Å². The van der Waals surface area contributed by atoms with Gasteiger partial charge in [-0.2, -0.15) is 5.10 Å². The molecule has 9 nitrogen and oxygen atoms in total. The van der Waals surface area contributed by atoms with Gasteiger partial charge in [0, 0.05) is 12.4 Å². The van der Waals surface area contributed by atoms with E-state index in [0.29, 0.717) is 5.69 Å². The summed E-state index contributed by atoms with van der Waals surface area (Å²) in [6.45, 7) is 0. The Bertz CT molecular complexity index is 1160. The number of carbonyl (C=O) groups is 2. The van der Waals surface area contributed by atoms with Crippen molar-refractivity contribution in [2.24, 2.45) is 0 Å². The van der Waals surface area contributed by atoms with Crippen LogP contribution in [0.15, 0.2) is 65.8 Å². The number of rotatable bonds is 6. The van der Waals surface area contributed by atoms with Crippen molar-refractivity contribution in [2.45, 2.75) is 4.90 Å². The van der Waals surface area contributed by atoms with Crippen molar-refractivity contribution in [3.63, 3.8) is 0 Å². The third-order valence-corrected chi connectivity index (χ3v) is 5.39. The first-order valence-electron chi connectivity index (χ1n) is 8.29. The molecule has 3 rings (SSSR count). The van der Waals surface area contributed by atoms with E-state index in [9.17, 15) is 18.0 Å². The van der Waals surface area contributed by atoms with E-state index in [1.54, 1.807) is 47.4 Å².